The molecular weight excluding hydrogens is 300 g/mol. The molecule has 1 aromatic heterocycles. The van der Waals surface area contributed by atoms with Gasteiger partial charge in [-0.3, -0.25) is 14.5 Å². The van der Waals surface area contributed by atoms with Crippen LogP contribution in [0.2, 0.25) is 0 Å². The average Bonchev–Trinajstić information content (AvgIpc) is 3.13. The fourth-order valence-corrected chi connectivity index (χ4v) is 3.37. The van der Waals surface area contributed by atoms with Crippen molar-refractivity contribution < 1.29 is 9.59 Å². The van der Waals surface area contributed by atoms with Crippen LogP contribution in [0, 0.1) is 0 Å². The van der Waals surface area contributed by atoms with E-state index in [4.69, 9.17) is 0 Å². The van der Waals surface area contributed by atoms with E-state index in [9.17, 15) is 9.59 Å². The Morgan fingerprint density at radius 2 is 1.50 bits per heavy atom. The SMILES string of the molecule is O=C1c2ccccc2C(=O)N1CCCCc1c[nH]c2ccccc12. The molecule has 2 aromatic carbocycles. The molecule has 0 saturated carbocycles. The van der Waals surface area contributed by atoms with E-state index in [2.05, 4.69) is 17.1 Å². The van der Waals surface area contributed by atoms with Crippen LogP contribution in [-0.4, -0.2) is 28.2 Å². The summed E-state index contributed by atoms with van der Waals surface area (Å²) in [6, 6.07) is 15.3. The van der Waals surface area contributed by atoms with E-state index in [0.29, 0.717) is 17.7 Å². The van der Waals surface area contributed by atoms with Crippen molar-refractivity contribution in [2.75, 3.05) is 6.54 Å². The lowest BCUT2D eigenvalue weighted by Gasteiger charge is -2.13. The number of aromatic amines is 1. The number of rotatable bonds is 5. The molecule has 2 amide bonds. The number of fused-ring (bicyclic) bond motifs is 2. The van der Waals surface area contributed by atoms with Crippen LogP contribution in [0.1, 0.15) is 39.1 Å². The summed E-state index contributed by atoms with van der Waals surface area (Å²) in [5.74, 6) is -0.328. The number of hydrogen-bond acceptors (Lipinski definition) is 2. The topological polar surface area (TPSA) is 53.2 Å². The Morgan fingerprint density at radius 1 is 0.833 bits per heavy atom. The molecule has 1 aliphatic rings. The van der Waals surface area contributed by atoms with Gasteiger partial charge in [0.05, 0.1) is 11.1 Å². The highest BCUT2D eigenvalue weighted by Crippen LogP contribution is 2.23. The highest BCUT2D eigenvalue weighted by atomic mass is 16.2. The maximum absolute atomic E-state index is 12.3. The summed E-state index contributed by atoms with van der Waals surface area (Å²) in [7, 11) is 0. The Balaban J connectivity index is 1.37. The second-order valence-electron chi connectivity index (χ2n) is 6.12. The Morgan fingerprint density at radius 3 is 2.25 bits per heavy atom. The summed E-state index contributed by atoms with van der Waals surface area (Å²) in [4.78, 5) is 29.3. The molecule has 1 aliphatic heterocycles. The Hall–Kier alpha value is -2.88. The molecule has 0 atom stereocenters. The minimum absolute atomic E-state index is 0.164. The summed E-state index contributed by atoms with van der Waals surface area (Å²) < 4.78 is 0. The lowest BCUT2D eigenvalue weighted by molar-refractivity contribution is 0.0652. The minimum atomic E-state index is -0.164. The van der Waals surface area contributed by atoms with E-state index in [-0.39, 0.29) is 11.8 Å². The quantitative estimate of drug-likeness (QED) is 0.575. The first-order valence-electron chi connectivity index (χ1n) is 8.26. The van der Waals surface area contributed by atoms with E-state index in [1.807, 2.05) is 18.3 Å². The molecule has 3 aromatic rings. The number of aryl methyl sites for hydroxylation is 1. The third-order valence-electron chi connectivity index (χ3n) is 4.63. The summed E-state index contributed by atoms with van der Waals surface area (Å²) in [5.41, 5.74) is 3.49. The molecular formula is C20H18N2O2. The number of nitrogens with one attached hydrogen (secondary N) is 1. The maximum Gasteiger partial charge on any atom is 0.261 e. The second kappa shape index (κ2) is 5.96. The van der Waals surface area contributed by atoms with Gasteiger partial charge in [0.2, 0.25) is 0 Å². The molecule has 2 heterocycles. The number of nitrogens with zero attached hydrogens (tertiary/aromatic N) is 1. The zero-order valence-corrected chi connectivity index (χ0v) is 13.3. The van der Waals surface area contributed by atoms with Gasteiger partial charge in [-0.25, -0.2) is 0 Å². The van der Waals surface area contributed by atoms with Gasteiger partial charge < -0.3 is 4.98 Å². The number of aromatic nitrogens is 1. The van der Waals surface area contributed by atoms with Crippen LogP contribution in [0.3, 0.4) is 0 Å². The Bertz CT molecular complexity index is 891. The van der Waals surface area contributed by atoms with Gasteiger partial charge in [-0.15, -0.1) is 0 Å². The first-order chi connectivity index (χ1) is 11.8. The minimum Gasteiger partial charge on any atom is -0.361 e. The smallest absolute Gasteiger partial charge is 0.261 e. The van der Waals surface area contributed by atoms with Gasteiger partial charge >= 0.3 is 0 Å². The fourth-order valence-electron chi connectivity index (χ4n) is 3.37. The van der Waals surface area contributed by atoms with Crippen LogP contribution in [0.4, 0.5) is 0 Å². The number of imide groups is 1. The molecule has 24 heavy (non-hydrogen) atoms. The molecule has 0 aliphatic carbocycles. The lowest BCUT2D eigenvalue weighted by atomic mass is 10.1. The van der Waals surface area contributed by atoms with Crippen molar-refractivity contribution >= 4 is 22.7 Å². The first-order valence-corrected chi connectivity index (χ1v) is 8.26. The number of H-pyrrole nitrogens is 1. The number of carbonyl (C=O) groups excluding carboxylic acids is 2. The Labute approximate surface area is 140 Å². The van der Waals surface area contributed by atoms with E-state index in [1.54, 1.807) is 24.3 Å². The zero-order chi connectivity index (χ0) is 16.5. The average molecular weight is 318 g/mol. The van der Waals surface area contributed by atoms with Gasteiger partial charge in [0.25, 0.3) is 11.8 Å². The second-order valence-corrected chi connectivity index (χ2v) is 6.12. The van der Waals surface area contributed by atoms with Crippen LogP contribution in [0.5, 0.6) is 0 Å². The lowest BCUT2D eigenvalue weighted by Crippen LogP contribution is -2.30. The van der Waals surface area contributed by atoms with Gasteiger partial charge in [-0.05, 0) is 43.0 Å². The molecule has 0 saturated heterocycles. The van der Waals surface area contributed by atoms with E-state index < -0.39 is 0 Å². The number of benzene rings is 2. The number of amides is 2. The van der Waals surface area contributed by atoms with Gasteiger partial charge in [-0.2, -0.15) is 0 Å². The van der Waals surface area contributed by atoms with Gasteiger partial charge in [0.1, 0.15) is 0 Å². The van der Waals surface area contributed by atoms with Crippen molar-refractivity contribution in [1.82, 2.24) is 9.88 Å². The number of hydrogen-bond donors (Lipinski definition) is 1. The van der Waals surface area contributed by atoms with Crippen LogP contribution in [0.25, 0.3) is 10.9 Å². The molecule has 4 heteroatoms. The highest BCUT2D eigenvalue weighted by molar-refractivity contribution is 6.21. The van der Waals surface area contributed by atoms with Crippen molar-refractivity contribution in [3.8, 4) is 0 Å². The Kier molecular flexibility index (Phi) is 3.65. The predicted octanol–water partition coefficient (Wildman–Crippen LogP) is 3.79. The van der Waals surface area contributed by atoms with Crippen molar-refractivity contribution in [3.63, 3.8) is 0 Å². The molecule has 120 valence electrons. The standard InChI is InChI=1S/C20H18N2O2/c23-19-16-9-1-2-10-17(16)20(24)22(19)12-6-5-7-14-13-21-18-11-4-3-8-15(14)18/h1-4,8-11,13,21H,5-7,12H2. The van der Waals surface area contributed by atoms with Crippen molar-refractivity contribution in [3.05, 3.63) is 71.4 Å². The maximum atomic E-state index is 12.3. The molecule has 4 rings (SSSR count). The summed E-state index contributed by atoms with van der Waals surface area (Å²) >= 11 is 0. The first kappa shape index (κ1) is 14.7. The molecule has 0 spiro atoms. The number of unbranched alkanes of at least 4 members (excludes halogenated alkanes) is 1. The summed E-state index contributed by atoms with van der Waals surface area (Å²) in [6.07, 6.45) is 4.74. The van der Waals surface area contributed by atoms with Crippen molar-refractivity contribution in [1.29, 1.82) is 0 Å². The zero-order valence-electron chi connectivity index (χ0n) is 13.3. The van der Waals surface area contributed by atoms with E-state index in [0.717, 1.165) is 24.8 Å². The molecule has 0 radical (unpaired) electrons. The van der Waals surface area contributed by atoms with Crippen LogP contribution in [-0.2, 0) is 6.42 Å². The van der Waals surface area contributed by atoms with E-state index in [1.165, 1.54) is 15.8 Å². The van der Waals surface area contributed by atoms with Crippen LogP contribution >= 0.6 is 0 Å². The third kappa shape index (κ3) is 2.40. The fraction of sp³-hybridized carbons (Fsp3) is 0.200. The molecule has 1 N–H and O–H groups in total. The largest absolute Gasteiger partial charge is 0.361 e. The van der Waals surface area contributed by atoms with Gasteiger partial charge in [-0.1, -0.05) is 30.3 Å². The predicted molar refractivity (Wildman–Crippen MR) is 93.0 cm³/mol. The summed E-state index contributed by atoms with van der Waals surface area (Å²) in [5, 5.41) is 1.25. The molecule has 4 nitrogen and oxygen atoms in total. The summed E-state index contributed by atoms with van der Waals surface area (Å²) in [6.45, 7) is 0.481. The normalized spacial score (nSPS) is 13.8. The van der Waals surface area contributed by atoms with Gasteiger partial charge in [0.15, 0.2) is 0 Å². The van der Waals surface area contributed by atoms with Crippen molar-refractivity contribution in [2.45, 2.75) is 19.3 Å². The molecule has 0 fully saturated rings. The van der Waals surface area contributed by atoms with Gasteiger partial charge in [0, 0.05) is 23.6 Å². The van der Waals surface area contributed by atoms with Crippen LogP contribution in [0.15, 0.2) is 54.7 Å². The van der Waals surface area contributed by atoms with Crippen LogP contribution < -0.4 is 0 Å². The van der Waals surface area contributed by atoms with E-state index >= 15 is 0 Å². The highest BCUT2D eigenvalue weighted by Gasteiger charge is 2.34. The monoisotopic (exact) mass is 318 g/mol. The molecule has 0 bridgehead atoms. The van der Waals surface area contributed by atoms with Crippen molar-refractivity contribution in [2.24, 2.45) is 0 Å². The molecule has 0 unspecified atom stereocenters. The third-order valence-corrected chi connectivity index (χ3v) is 4.63. The number of para-hydroxylation sites is 1. The number of carbonyl (C=O) groups is 2.